The van der Waals surface area contributed by atoms with Crippen LogP contribution in [0.4, 0.5) is 5.69 Å². The highest BCUT2D eigenvalue weighted by molar-refractivity contribution is 6.30. The Kier molecular flexibility index (Phi) is 2.79. The number of aliphatic hydroxyl groups is 1. The number of anilines is 1. The predicted molar refractivity (Wildman–Crippen MR) is 83.6 cm³/mol. The zero-order valence-electron chi connectivity index (χ0n) is 11.7. The van der Waals surface area contributed by atoms with Gasteiger partial charge in [-0.25, -0.2) is 0 Å². The van der Waals surface area contributed by atoms with Crippen LogP contribution in [0.2, 0.25) is 0 Å². The summed E-state index contributed by atoms with van der Waals surface area (Å²) in [5.41, 5.74) is 2.21. The summed E-state index contributed by atoms with van der Waals surface area (Å²) in [6, 6.07) is 15.0. The molecule has 0 aliphatic carbocycles. The highest BCUT2D eigenvalue weighted by atomic mass is 16.7. The maximum atomic E-state index is 10.3. The smallest absolute Gasteiger partial charge is 0.231 e. The summed E-state index contributed by atoms with van der Waals surface area (Å²) in [5.74, 6) is 1.85. The second-order valence-corrected chi connectivity index (χ2v) is 5.16. The molecule has 5 nitrogen and oxygen atoms in total. The molecule has 0 aromatic heterocycles. The predicted octanol–water partition coefficient (Wildman–Crippen LogP) is 3.18. The Bertz CT molecular complexity index is 784. The number of hydrogen-bond acceptors (Lipinski definition) is 4. The van der Waals surface area contributed by atoms with E-state index in [1.807, 2.05) is 48.5 Å². The van der Waals surface area contributed by atoms with Gasteiger partial charge in [-0.2, -0.15) is 0 Å². The fourth-order valence-electron chi connectivity index (χ4n) is 2.76. The Hall–Kier alpha value is -2.95. The van der Waals surface area contributed by atoms with Crippen molar-refractivity contribution in [1.82, 2.24) is 0 Å². The lowest BCUT2D eigenvalue weighted by Gasteiger charge is -2.19. The highest BCUT2D eigenvalue weighted by Crippen LogP contribution is 2.38. The first-order valence-electron chi connectivity index (χ1n) is 6.97. The second kappa shape index (κ2) is 4.80. The normalized spacial score (nSPS) is 16.5. The third-order valence-corrected chi connectivity index (χ3v) is 3.83. The molecule has 0 fully saturated rings. The third-order valence-electron chi connectivity index (χ3n) is 3.83. The van der Waals surface area contributed by atoms with E-state index in [1.54, 1.807) is 4.90 Å². The SMILES string of the molecule is N=C1C(c2ccccc2)=C(O)CN1c1ccc2c(c1)OCO2. The molecular formula is C17H14N2O3. The summed E-state index contributed by atoms with van der Waals surface area (Å²) < 4.78 is 10.7. The molecule has 2 N–H and O–H groups in total. The van der Waals surface area contributed by atoms with Crippen LogP contribution in [0.3, 0.4) is 0 Å². The fraction of sp³-hybridized carbons (Fsp3) is 0.118. The fourth-order valence-corrected chi connectivity index (χ4v) is 2.76. The summed E-state index contributed by atoms with van der Waals surface area (Å²) >= 11 is 0. The molecule has 5 heteroatoms. The number of benzene rings is 2. The van der Waals surface area contributed by atoms with Crippen LogP contribution in [0.5, 0.6) is 11.5 Å². The van der Waals surface area contributed by atoms with Gasteiger partial charge in [0, 0.05) is 11.8 Å². The van der Waals surface area contributed by atoms with E-state index < -0.39 is 0 Å². The molecule has 2 heterocycles. The van der Waals surface area contributed by atoms with Gasteiger partial charge in [0.1, 0.15) is 11.6 Å². The van der Waals surface area contributed by atoms with Crippen molar-refractivity contribution in [1.29, 1.82) is 5.41 Å². The third kappa shape index (κ3) is 1.90. The van der Waals surface area contributed by atoms with Gasteiger partial charge in [0.05, 0.1) is 12.1 Å². The molecule has 2 aromatic rings. The van der Waals surface area contributed by atoms with Crippen molar-refractivity contribution < 1.29 is 14.6 Å². The van der Waals surface area contributed by atoms with E-state index in [2.05, 4.69) is 0 Å². The van der Waals surface area contributed by atoms with Crippen LogP contribution >= 0.6 is 0 Å². The van der Waals surface area contributed by atoms with Crippen LogP contribution in [0, 0.1) is 5.41 Å². The van der Waals surface area contributed by atoms with Crippen LogP contribution < -0.4 is 14.4 Å². The Labute approximate surface area is 127 Å². The topological polar surface area (TPSA) is 65.8 Å². The summed E-state index contributed by atoms with van der Waals surface area (Å²) in [5, 5.41) is 18.7. The molecular weight excluding hydrogens is 280 g/mol. The minimum absolute atomic E-state index is 0.203. The quantitative estimate of drug-likeness (QED) is 0.892. The van der Waals surface area contributed by atoms with Gasteiger partial charge in [-0.3, -0.25) is 5.41 Å². The molecule has 2 aliphatic rings. The molecule has 2 aliphatic heterocycles. The van der Waals surface area contributed by atoms with Gasteiger partial charge in [-0.05, 0) is 17.7 Å². The Morgan fingerprint density at radius 3 is 2.59 bits per heavy atom. The number of ether oxygens (including phenoxy) is 2. The van der Waals surface area contributed by atoms with Crippen LogP contribution in [0.1, 0.15) is 5.56 Å². The van der Waals surface area contributed by atoms with Gasteiger partial charge in [0.25, 0.3) is 0 Å². The van der Waals surface area contributed by atoms with E-state index in [0.717, 1.165) is 11.3 Å². The maximum absolute atomic E-state index is 10.3. The average molecular weight is 294 g/mol. The van der Waals surface area contributed by atoms with Gasteiger partial charge >= 0.3 is 0 Å². The monoisotopic (exact) mass is 294 g/mol. The Morgan fingerprint density at radius 2 is 1.77 bits per heavy atom. The number of fused-ring (bicyclic) bond motifs is 1. The van der Waals surface area contributed by atoms with E-state index >= 15 is 0 Å². The summed E-state index contributed by atoms with van der Waals surface area (Å²) in [4.78, 5) is 1.75. The molecule has 0 radical (unpaired) electrons. The van der Waals surface area contributed by atoms with Crippen molar-refractivity contribution in [3.63, 3.8) is 0 Å². The lowest BCUT2D eigenvalue weighted by Crippen LogP contribution is -2.25. The van der Waals surface area contributed by atoms with Crippen molar-refractivity contribution in [3.05, 3.63) is 59.9 Å². The van der Waals surface area contributed by atoms with Gasteiger partial charge < -0.3 is 19.5 Å². The van der Waals surface area contributed by atoms with Gasteiger partial charge in [0.2, 0.25) is 6.79 Å². The number of rotatable bonds is 2. The summed E-state index contributed by atoms with van der Waals surface area (Å²) in [6.45, 7) is 0.498. The van der Waals surface area contributed by atoms with Crippen molar-refractivity contribution in [2.45, 2.75) is 0 Å². The molecule has 0 spiro atoms. The maximum Gasteiger partial charge on any atom is 0.231 e. The number of amidine groups is 1. The van der Waals surface area contributed by atoms with Crippen LogP contribution in [-0.2, 0) is 0 Å². The largest absolute Gasteiger partial charge is 0.510 e. The molecule has 0 saturated carbocycles. The summed E-state index contributed by atoms with van der Waals surface area (Å²) in [6.07, 6.45) is 0. The van der Waals surface area contributed by atoms with Crippen LogP contribution in [0.25, 0.3) is 5.57 Å². The number of aliphatic hydroxyl groups excluding tert-OH is 1. The molecule has 0 amide bonds. The second-order valence-electron chi connectivity index (χ2n) is 5.16. The van der Waals surface area contributed by atoms with E-state index in [0.29, 0.717) is 17.1 Å². The summed E-state index contributed by atoms with van der Waals surface area (Å²) in [7, 11) is 0. The van der Waals surface area contributed by atoms with Crippen LogP contribution in [0.15, 0.2) is 54.3 Å². The van der Waals surface area contributed by atoms with Gasteiger partial charge in [0.15, 0.2) is 11.5 Å². The molecule has 4 rings (SSSR count). The standard InChI is InChI=1S/C17H14N2O3/c18-17-16(11-4-2-1-3-5-11)13(20)9-19(17)12-6-7-14-15(8-12)22-10-21-14/h1-8,18,20H,9-10H2. The van der Waals surface area contributed by atoms with Crippen molar-refractivity contribution in [2.24, 2.45) is 0 Å². The van der Waals surface area contributed by atoms with Crippen molar-refractivity contribution in [2.75, 3.05) is 18.2 Å². The van der Waals surface area contributed by atoms with E-state index in [4.69, 9.17) is 14.9 Å². The zero-order chi connectivity index (χ0) is 15.1. The molecule has 22 heavy (non-hydrogen) atoms. The van der Waals surface area contributed by atoms with Gasteiger partial charge in [-0.1, -0.05) is 30.3 Å². The first kappa shape index (κ1) is 12.8. The number of nitrogens with one attached hydrogen (secondary N) is 1. The molecule has 110 valence electrons. The molecule has 2 aromatic carbocycles. The number of nitrogens with zero attached hydrogens (tertiary/aromatic N) is 1. The van der Waals surface area contributed by atoms with E-state index in [-0.39, 0.29) is 24.9 Å². The molecule has 0 unspecified atom stereocenters. The lowest BCUT2D eigenvalue weighted by molar-refractivity contribution is 0.174. The lowest BCUT2D eigenvalue weighted by atomic mass is 10.1. The molecule has 0 bridgehead atoms. The van der Waals surface area contributed by atoms with Crippen molar-refractivity contribution >= 4 is 17.1 Å². The van der Waals surface area contributed by atoms with Crippen LogP contribution in [-0.4, -0.2) is 24.3 Å². The highest BCUT2D eigenvalue weighted by Gasteiger charge is 2.30. The zero-order valence-corrected chi connectivity index (χ0v) is 11.7. The Balaban J connectivity index is 1.68. The van der Waals surface area contributed by atoms with E-state index in [9.17, 15) is 5.11 Å². The number of hydrogen-bond donors (Lipinski definition) is 2. The van der Waals surface area contributed by atoms with Gasteiger partial charge in [-0.15, -0.1) is 0 Å². The van der Waals surface area contributed by atoms with Crippen molar-refractivity contribution in [3.8, 4) is 11.5 Å². The first-order valence-corrected chi connectivity index (χ1v) is 6.97. The Morgan fingerprint density at radius 1 is 1.00 bits per heavy atom. The minimum Gasteiger partial charge on any atom is -0.510 e. The minimum atomic E-state index is 0.203. The first-order chi connectivity index (χ1) is 10.7. The average Bonchev–Trinajstić information content (AvgIpc) is 3.11. The molecule has 0 saturated heterocycles. The van der Waals surface area contributed by atoms with E-state index in [1.165, 1.54) is 0 Å². The molecule has 0 atom stereocenters.